The van der Waals surface area contributed by atoms with Crippen molar-refractivity contribution in [2.75, 3.05) is 0 Å². The normalized spacial score (nSPS) is 12.5. The van der Waals surface area contributed by atoms with Gasteiger partial charge in [0, 0.05) is 5.92 Å². The van der Waals surface area contributed by atoms with E-state index >= 15 is 0 Å². The summed E-state index contributed by atoms with van der Waals surface area (Å²) in [6.45, 7) is 5.70. The number of carbonyl (C=O) groups excluding carboxylic acids is 2. The predicted octanol–water partition coefficient (Wildman–Crippen LogP) is 1.19. The van der Waals surface area contributed by atoms with E-state index in [1.807, 2.05) is 13.8 Å². The second kappa shape index (κ2) is 7.26. The first-order chi connectivity index (χ1) is 7.02. The van der Waals surface area contributed by atoms with Crippen molar-refractivity contribution in [2.45, 2.75) is 52.5 Å². The van der Waals surface area contributed by atoms with Gasteiger partial charge in [0.15, 0.2) is 0 Å². The SMILES string of the molecule is CCCC(CCC)C(=O)NC(C)C(N)=O. The van der Waals surface area contributed by atoms with Crippen LogP contribution >= 0.6 is 0 Å². The van der Waals surface area contributed by atoms with Gasteiger partial charge in [-0.1, -0.05) is 26.7 Å². The third kappa shape index (κ3) is 5.40. The molecule has 0 heterocycles. The van der Waals surface area contributed by atoms with Crippen molar-refractivity contribution in [3.8, 4) is 0 Å². The smallest absolute Gasteiger partial charge is 0.239 e. The molecule has 15 heavy (non-hydrogen) atoms. The van der Waals surface area contributed by atoms with Crippen LogP contribution < -0.4 is 11.1 Å². The summed E-state index contributed by atoms with van der Waals surface area (Å²) in [6.07, 6.45) is 3.68. The van der Waals surface area contributed by atoms with Gasteiger partial charge in [0.25, 0.3) is 0 Å². The Labute approximate surface area is 91.6 Å². The molecule has 2 amide bonds. The predicted molar refractivity (Wildman–Crippen MR) is 60.1 cm³/mol. The Kier molecular flexibility index (Phi) is 6.75. The van der Waals surface area contributed by atoms with Gasteiger partial charge in [0.05, 0.1) is 0 Å². The van der Waals surface area contributed by atoms with Crippen molar-refractivity contribution in [1.82, 2.24) is 5.32 Å². The molecule has 3 N–H and O–H groups in total. The highest BCUT2D eigenvalue weighted by Crippen LogP contribution is 2.13. The summed E-state index contributed by atoms with van der Waals surface area (Å²) < 4.78 is 0. The van der Waals surface area contributed by atoms with Crippen LogP contribution in [0.3, 0.4) is 0 Å². The zero-order valence-electron chi connectivity index (χ0n) is 9.88. The third-order valence-corrected chi connectivity index (χ3v) is 2.43. The molecule has 1 atom stereocenters. The topological polar surface area (TPSA) is 72.2 Å². The third-order valence-electron chi connectivity index (χ3n) is 2.43. The van der Waals surface area contributed by atoms with Gasteiger partial charge in [-0.25, -0.2) is 0 Å². The average molecular weight is 214 g/mol. The fourth-order valence-corrected chi connectivity index (χ4v) is 1.51. The zero-order valence-corrected chi connectivity index (χ0v) is 9.88. The summed E-state index contributed by atoms with van der Waals surface area (Å²) >= 11 is 0. The first kappa shape index (κ1) is 13.9. The number of rotatable bonds is 7. The Bertz CT molecular complexity index is 211. The second-order valence-electron chi connectivity index (χ2n) is 3.91. The van der Waals surface area contributed by atoms with Crippen LogP contribution in [0.5, 0.6) is 0 Å². The van der Waals surface area contributed by atoms with E-state index in [0.717, 1.165) is 25.7 Å². The number of primary amides is 1. The van der Waals surface area contributed by atoms with Gasteiger partial charge < -0.3 is 11.1 Å². The molecule has 0 aromatic carbocycles. The lowest BCUT2D eigenvalue weighted by atomic mass is 9.97. The minimum Gasteiger partial charge on any atom is -0.368 e. The van der Waals surface area contributed by atoms with E-state index in [4.69, 9.17) is 5.73 Å². The minimum atomic E-state index is -0.575. The van der Waals surface area contributed by atoms with Gasteiger partial charge in [-0.05, 0) is 19.8 Å². The minimum absolute atomic E-state index is 0.0156. The second-order valence-corrected chi connectivity index (χ2v) is 3.91. The van der Waals surface area contributed by atoms with Gasteiger partial charge in [-0.3, -0.25) is 9.59 Å². The summed E-state index contributed by atoms with van der Waals surface area (Å²) in [6, 6.07) is -0.575. The maximum Gasteiger partial charge on any atom is 0.239 e. The average Bonchev–Trinajstić information content (AvgIpc) is 2.17. The van der Waals surface area contributed by atoms with Crippen LogP contribution in [0.25, 0.3) is 0 Å². The summed E-state index contributed by atoms with van der Waals surface area (Å²) in [7, 11) is 0. The maximum atomic E-state index is 11.7. The molecule has 0 saturated carbocycles. The number of carbonyl (C=O) groups is 2. The van der Waals surface area contributed by atoms with Crippen LogP contribution in [-0.2, 0) is 9.59 Å². The first-order valence-corrected chi connectivity index (χ1v) is 5.62. The van der Waals surface area contributed by atoms with Crippen LogP contribution in [0.15, 0.2) is 0 Å². The molecule has 0 aliphatic rings. The van der Waals surface area contributed by atoms with E-state index in [0.29, 0.717) is 0 Å². The Balaban J connectivity index is 4.18. The Morgan fingerprint density at radius 2 is 1.67 bits per heavy atom. The van der Waals surface area contributed by atoms with Crippen molar-refractivity contribution >= 4 is 11.8 Å². The van der Waals surface area contributed by atoms with E-state index in [2.05, 4.69) is 5.32 Å². The van der Waals surface area contributed by atoms with E-state index < -0.39 is 11.9 Å². The molecule has 0 aromatic rings. The molecule has 0 aliphatic carbocycles. The Morgan fingerprint density at radius 1 is 1.20 bits per heavy atom. The van der Waals surface area contributed by atoms with Crippen molar-refractivity contribution in [2.24, 2.45) is 11.7 Å². The van der Waals surface area contributed by atoms with Crippen molar-refractivity contribution < 1.29 is 9.59 Å². The van der Waals surface area contributed by atoms with Crippen molar-refractivity contribution in [3.63, 3.8) is 0 Å². The Hall–Kier alpha value is -1.06. The zero-order chi connectivity index (χ0) is 11.8. The monoisotopic (exact) mass is 214 g/mol. The number of hydrogen-bond donors (Lipinski definition) is 2. The largest absolute Gasteiger partial charge is 0.368 e. The molecule has 4 heteroatoms. The molecule has 0 saturated heterocycles. The van der Waals surface area contributed by atoms with Gasteiger partial charge in [-0.2, -0.15) is 0 Å². The summed E-state index contributed by atoms with van der Waals surface area (Å²) in [5.41, 5.74) is 5.08. The fraction of sp³-hybridized carbons (Fsp3) is 0.818. The number of nitrogens with two attached hydrogens (primary N) is 1. The van der Waals surface area contributed by atoms with Crippen LogP contribution in [0.2, 0.25) is 0 Å². The molecule has 1 unspecified atom stereocenters. The molecule has 0 fully saturated rings. The highest BCUT2D eigenvalue weighted by Gasteiger charge is 2.19. The summed E-state index contributed by atoms with van der Waals surface area (Å²) in [4.78, 5) is 22.5. The first-order valence-electron chi connectivity index (χ1n) is 5.62. The molecule has 0 spiro atoms. The summed E-state index contributed by atoms with van der Waals surface area (Å²) in [5, 5.41) is 2.64. The highest BCUT2D eigenvalue weighted by atomic mass is 16.2. The number of nitrogens with one attached hydrogen (secondary N) is 1. The molecule has 0 radical (unpaired) electrons. The highest BCUT2D eigenvalue weighted by molar-refractivity contribution is 5.87. The standard InChI is InChI=1S/C11H22N2O2/c1-4-6-9(7-5-2)11(15)13-8(3)10(12)14/h8-9H,4-7H2,1-3H3,(H2,12,14)(H,13,15). The lowest BCUT2D eigenvalue weighted by Gasteiger charge is -2.17. The molecule has 4 nitrogen and oxygen atoms in total. The molecule has 0 rings (SSSR count). The Morgan fingerprint density at radius 3 is 2.00 bits per heavy atom. The van der Waals surface area contributed by atoms with Crippen LogP contribution in [0.4, 0.5) is 0 Å². The van der Waals surface area contributed by atoms with Gasteiger partial charge in [0.2, 0.25) is 11.8 Å². The molecule has 0 aliphatic heterocycles. The van der Waals surface area contributed by atoms with Crippen LogP contribution in [0.1, 0.15) is 46.5 Å². The maximum absolute atomic E-state index is 11.7. The number of amides is 2. The quantitative estimate of drug-likeness (QED) is 0.668. The van der Waals surface area contributed by atoms with Crippen LogP contribution in [-0.4, -0.2) is 17.9 Å². The lowest BCUT2D eigenvalue weighted by molar-refractivity contribution is -0.129. The van der Waals surface area contributed by atoms with E-state index in [1.165, 1.54) is 0 Å². The molecule has 0 bridgehead atoms. The lowest BCUT2D eigenvalue weighted by Crippen LogP contribution is -2.44. The van der Waals surface area contributed by atoms with E-state index in [-0.39, 0.29) is 11.8 Å². The summed E-state index contributed by atoms with van der Waals surface area (Å²) in [5.74, 6) is -0.526. The molecular weight excluding hydrogens is 192 g/mol. The van der Waals surface area contributed by atoms with E-state index in [1.54, 1.807) is 6.92 Å². The molecular formula is C11H22N2O2. The number of hydrogen-bond acceptors (Lipinski definition) is 2. The van der Waals surface area contributed by atoms with Crippen molar-refractivity contribution in [1.29, 1.82) is 0 Å². The van der Waals surface area contributed by atoms with E-state index in [9.17, 15) is 9.59 Å². The molecule has 88 valence electrons. The van der Waals surface area contributed by atoms with Gasteiger partial charge in [-0.15, -0.1) is 0 Å². The van der Waals surface area contributed by atoms with Gasteiger partial charge >= 0.3 is 0 Å². The van der Waals surface area contributed by atoms with Crippen molar-refractivity contribution in [3.05, 3.63) is 0 Å². The fourth-order valence-electron chi connectivity index (χ4n) is 1.51. The molecule has 0 aromatic heterocycles. The van der Waals surface area contributed by atoms with Crippen LogP contribution in [0, 0.1) is 5.92 Å². The van der Waals surface area contributed by atoms with Gasteiger partial charge in [0.1, 0.15) is 6.04 Å².